The summed E-state index contributed by atoms with van der Waals surface area (Å²) in [6, 6.07) is 37.8. The first kappa shape index (κ1) is 31.1. The molecule has 0 aliphatic heterocycles. The van der Waals surface area contributed by atoms with Crippen LogP contribution >= 0.6 is 0 Å². The number of hydrogen-bond donors (Lipinski definition) is 0. The van der Waals surface area contributed by atoms with E-state index in [2.05, 4.69) is 79.8 Å². The van der Waals surface area contributed by atoms with E-state index in [0.29, 0.717) is 11.5 Å². The molecule has 0 aliphatic rings. The van der Waals surface area contributed by atoms with Crippen molar-refractivity contribution in [3.05, 3.63) is 145 Å². The predicted octanol–water partition coefficient (Wildman–Crippen LogP) is 10.0. The summed E-state index contributed by atoms with van der Waals surface area (Å²) in [6.07, 6.45) is 7.65. The van der Waals surface area contributed by atoms with Gasteiger partial charge in [0.15, 0.2) is 0 Å². The van der Waals surface area contributed by atoms with Gasteiger partial charge in [0, 0.05) is 47.4 Å². The molecule has 0 fully saturated rings. The molecule has 8 heteroatoms. The van der Waals surface area contributed by atoms with E-state index in [-0.39, 0.29) is 21.1 Å². The molecule has 7 nitrogen and oxygen atoms in total. The molecule has 0 radical (unpaired) electrons. The number of fused-ring (bicyclic) bond motifs is 12. The molecule has 51 heavy (non-hydrogen) atoms. The van der Waals surface area contributed by atoms with Gasteiger partial charge in [-0.2, -0.15) is 0 Å². The quantitative estimate of drug-likeness (QED) is 0.130. The molecule has 246 valence electrons. The number of aromatic nitrogens is 6. The van der Waals surface area contributed by atoms with Gasteiger partial charge in [-0.1, -0.05) is 99.9 Å². The Bertz CT molecular complexity index is 2980. The summed E-state index contributed by atoms with van der Waals surface area (Å²) in [6.45, 7) is 6.45. The zero-order valence-corrected chi connectivity index (χ0v) is 30.1. The van der Waals surface area contributed by atoms with Crippen molar-refractivity contribution in [2.24, 2.45) is 0 Å². The molecule has 0 N–H and O–H groups in total. The Labute approximate surface area is 307 Å². The Morgan fingerprint density at radius 2 is 1.35 bits per heavy atom. The Hall–Kier alpha value is -5.91. The molecule has 0 saturated heterocycles. The average molecular weight is 840 g/mol. The minimum atomic E-state index is 0. The second-order valence-corrected chi connectivity index (χ2v) is 12.8. The third-order valence-corrected chi connectivity index (χ3v) is 9.56. The van der Waals surface area contributed by atoms with Crippen molar-refractivity contribution < 1.29 is 25.8 Å². The van der Waals surface area contributed by atoms with Crippen LogP contribution in [0.5, 0.6) is 11.5 Å². The van der Waals surface area contributed by atoms with E-state index in [0.717, 1.165) is 71.9 Å². The summed E-state index contributed by atoms with van der Waals surface area (Å²) >= 11 is 0. The predicted molar refractivity (Wildman–Crippen MR) is 199 cm³/mol. The van der Waals surface area contributed by atoms with E-state index in [1.54, 1.807) is 0 Å². The van der Waals surface area contributed by atoms with Crippen molar-refractivity contribution in [3.8, 4) is 34.0 Å². The maximum Gasteiger partial charge on any atom is 2.00 e. The summed E-state index contributed by atoms with van der Waals surface area (Å²) in [7, 11) is 0. The molecule has 0 amide bonds. The van der Waals surface area contributed by atoms with Gasteiger partial charge in [0.1, 0.15) is 5.65 Å². The molecule has 10 aromatic rings. The van der Waals surface area contributed by atoms with Crippen LogP contribution in [0, 0.1) is 32.9 Å². The molecule has 0 bridgehead atoms. The first-order valence-corrected chi connectivity index (χ1v) is 16.6. The first-order chi connectivity index (χ1) is 24.5. The molecule has 6 aromatic heterocycles. The second kappa shape index (κ2) is 11.9. The van der Waals surface area contributed by atoms with Crippen LogP contribution in [0.4, 0.5) is 0 Å². The Morgan fingerprint density at radius 1 is 0.647 bits per heavy atom. The van der Waals surface area contributed by atoms with Crippen LogP contribution in [-0.2, 0) is 21.1 Å². The minimum Gasteiger partial charge on any atom is -0.497 e. The number of benzene rings is 4. The average Bonchev–Trinajstić information content (AvgIpc) is 3.78. The van der Waals surface area contributed by atoms with E-state index in [4.69, 9.17) is 24.7 Å². The van der Waals surface area contributed by atoms with Gasteiger partial charge in [-0.3, -0.25) is 15.0 Å². The number of ether oxygens (including phenoxy) is 1. The number of pyridine rings is 4. The van der Waals surface area contributed by atoms with Crippen LogP contribution in [0.25, 0.3) is 77.4 Å². The summed E-state index contributed by atoms with van der Waals surface area (Å²) in [5, 5.41) is 4.67. The fourth-order valence-corrected chi connectivity index (χ4v) is 7.54. The van der Waals surface area contributed by atoms with Crippen molar-refractivity contribution in [2.75, 3.05) is 0 Å². The number of nitrogens with zero attached hydrogens (tertiary/aromatic N) is 6. The van der Waals surface area contributed by atoms with E-state index < -0.39 is 0 Å². The molecular formula is C43H28N6OPt. The Morgan fingerprint density at radius 3 is 2.14 bits per heavy atom. The number of rotatable bonds is 4. The fourth-order valence-electron chi connectivity index (χ4n) is 7.54. The zero-order valence-electron chi connectivity index (χ0n) is 27.9. The molecule has 4 aromatic carbocycles. The second-order valence-electron chi connectivity index (χ2n) is 12.8. The van der Waals surface area contributed by atoms with Crippen LogP contribution in [0.3, 0.4) is 0 Å². The third kappa shape index (κ3) is 4.84. The minimum absolute atomic E-state index is 0. The monoisotopic (exact) mass is 839 g/mol. The van der Waals surface area contributed by atoms with Gasteiger partial charge in [-0.15, -0.1) is 12.1 Å². The van der Waals surface area contributed by atoms with Gasteiger partial charge >= 0.3 is 21.1 Å². The molecule has 0 saturated carbocycles. The molecule has 0 aliphatic carbocycles. The molecule has 0 spiro atoms. The maximum absolute atomic E-state index is 6.53. The van der Waals surface area contributed by atoms with Crippen molar-refractivity contribution in [2.45, 2.75) is 20.8 Å². The van der Waals surface area contributed by atoms with E-state index >= 15 is 0 Å². The number of hydrogen-bond acceptors (Lipinski definition) is 5. The van der Waals surface area contributed by atoms with Crippen molar-refractivity contribution in [3.63, 3.8) is 0 Å². The van der Waals surface area contributed by atoms with Gasteiger partial charge < -0.3 is 13.5 Å². The topological polar surface area (TPSA) is 69.6 Å². The normalized spacial score (nSPS) is 11.7. The van der Waals surface area contributed by atoms with Crippen LogP contribution in [0.1, 0.15) is 16.7 Å². The van der Waals surface area contributed by atoms with Crippen molar-refractivity contribution >= 4 is 54.9 Å². The molecule has 6 heterocycles. The number of imidazole rings is 2. The SMILES string of the molecule is Cc1cc(C)c(-c2cnc3c4[c-]c(Oc5[c-]c6c(cc5)c5cccnc5n5cc(-c7ccccc7)nc65)ccc4c4ncccc4n23)c(C)c1.[Pt+2]. The summed E-state index contributed by atoms with van der Waals surface area (Å²) in [5.41, 5.74) is 12.0. The standard InChI is InChI=1S/C43H28N6O.Pt/c1-25-19-26(2)39(27(3)20-25)38-23-46-42-35-22-30(14-16-32(35)40-37(49(38)42)12-8-17-44-40)50-29-13-15-31-33-11-7-18-45-41(33)48-24-36(28-9-5-4-6-10-28)47-43(48)34(31)21-29;/h4-20,23-24H,1-3H3;/q-2;+2. The Kier molecular flexibility index (Phi) is 7.23. The van der Waals surface area contributed by atoms with Crippen LogP contribution in [0.2, 0.25) is 0 Å². The zero-order chi connectivity index (χ0) is 33.5. The van der Waals surface area contributed by atoms with Gasteiger partial charge in [0.25, 0.3) is 0 Å². The fraction of sp³-hybridized carbons (Fsp3) is 0.0698. The smallest absolute Gasteiger partial charge is 0.497 e. The van der Waals surface area contributed by atoms with Crippen molar-refractivity contribution in [1.82, 2.24) is 28.7 Å². The van der Waals surface area contributed by atoms with Gasteiger partial charge in [0.2, 0.25) is 0 Å². The van der Waals surface area contributed by atoms with Crippen LogP contribution in [0.15, 0.2) is 116 Å². The summed E-state index contributed by atoms with van der Waals surface area (Å²) in [4.78, 5) is 19.6. The van der Waals surface area contributed by atoms with E-state index in [1.165, 1.54) is 22.3 Å². The van der Waals surface area contributed by atoms with Gasteiger partial charge in [-0.25, -0.2) is 4.98 Å². The first-order valence-electron chi connectivity index (χ1n) is 16.6. The largest absolute Gasteiger partial charge is 2.00 e. The molecule has 10 rings (SSSR count). The Balaban J connectivity index is 0.00000348. The molecule has 0 atom stereocenters. The molecule has 0 unspecified atom stereocenters. The van der Waals surface area contributed by atoms with E-state index in [9.17, 15) is 0 Å². The maximum atomic E-state index is 6.53. The van der Waals surface area contributed by atoms with Gasteiger partial charge in [0.05, 0.1) is 33.7 Å². The third-order valence-electron chi connectivity index (χ3n) is 9.56. The van der Waals surface area contributed by atoms with Crippen molar-refractivity contribution in [1.29, 1.82) is 0 Å². The van der Waals surface area contributed by atoms with Crippen LogP contribution < -0.4 is 4.74 Å². The van der Waals surface area contributed by atoms with Crippen LogP contribution in [-0.4, -0.2) is 28.7 Å². The summed E-state index contributed by atoms with van der Waals surface area (Å²) < 4.78 is 10.8. The number of aryl methyl sites for hydroxylation is 3. The van der Waals surface area contributed by atoms with E-state index in [1.807, 2.05) is 77.7 Å². The molecular weight excluding hydrogens is 812 g/mol. The summed E-state index contributed by atoms with van der Waals surface area (Å²) in [5.74, 6) is 1.12. The van der Waals surface area contributed by atoms with Gasteiger partial charge in [-0.05, 0) is 55.5 Å².